The van der Waals surface area contributed by atoms with Gasteiger partial charge in [0, 0.05) is 17.8 Å². The quantitative estimate of drug-likeness (QED) is 0.460. The normalized spacial score (nSPS) is 9.95. The van der Waals surface area contributed by atoms with E-state index in [2.05, 4.69) is 4.98 Å². The molecule has 0 unspecified atom stereocenters. The molecule has 1 aromatic heterocycles. The van der Waals surface area contributed by atoms with Crippen LogP contribution in [0.25, 0.3) is 0 Å². The van der Waals surface area contributed by atoms with E-state index in [0.29, 0.717) is 12.0 Å². The lowest BCUT2D eigenvalue weighted by Crippen LogP contribution is -2.03. The monoisotopic (exact) mass is 288 g/mol. The van der Waals surface area contributed by atoms with Gasteiger partial charge in [0.1, 0.15) is 12.9 Å². The maximum Gasteiger partial charge on any atom is 0.315 e. The summed E-state index contributed by atoms with van der Waals surface area (Å²) in [4.78, 5) is 25.4. The Morgan fingerprint density at radius 1 is 1.38 bits per heavy atom. The number of nitro groups is 1. The number of benzene rings is 1. The maximum absolute atomic E-state index is 11.1. The Hall–Kier alpha value is -2.96. The van der Waals surface area contributed by atoms with Gasteiger partial charge in [0.15, 0.2) is 5.75 Å². The van der Waals surface area contributed by atoms with Gasteiger partial charge >= 0.3 is 5.69 Å². The topological polar surface area (TPSA) is 91.6 Å². The van der Waals surface area contributed by atoms with E-state index in [1.165, 1.54) is 13.2 Å². The van der Waals surface area contributed by atoms with Crippen LogP contribution in [0.4, 0.5) is 5.69 Å². The molecular formula is C14H12N2O5. The van der Waals surface area contributed by atoms with E-state index in [1.54, 1.807) is 24.4 Å². The van der Waals surface area contributed by atoms with Crippen molar-refractivity contribution in [2.75, 3.05) is 7.11 Å². The molecule has 1 heterocycles. The number of carbonyl (C=O) groups excluding carboxylic acids is 1. The molecule has 0 aliphatic heterocycles. The largest absolute Gasteiger partial charge is 0.493 e. The fourth-order valence-corrected chi connectivity index (χ4v) is 1.74. The minimum Gasteiger partial charge on any atom is -0.493 e. The Bertz CT molecular complexity index is 658. The third-order valence-electron chi connectivity index (χ3n) is 2.70. The highest BCUT2D eigenvalue weighted by Crippen LogP contribution is 2.38. The number of aromatic nitrogens is 1. The average Bonchev–Trinajstić information content (AvgIpc) is 2.52. The predicted molar refractivity (Wildman–Crippen MR) is 73.6 cm³/mol. The van der Waals surface area contributed by atoms with Crippen LogP contribution in [0, 0.1) is 10.1 Å². The smallest absolute Gasteiger partial charge is 0.315 e. The van der Waals surface area contributed by atoms with Gasteiger partial charge in [0.2, 0.25) is 5.75 Å². The first kappa shape index (κ1) is 14.4. The molecule has 1 aromatic carbocycles. The highest BCUT2D eigenvalue weighted by atomic mass is 16.6. The van der Waals surface area contributed by atoms with Crippen molar-refractivity contribution in [3.63, 3.8) is 0 Å². The fraction of sp³-hybridized carbons (Fsp3) is 0.143. The van der Waals surface area contributed by atoms with Crippen molar-refractivity contribution in [3.8, 4) is 11.5 Å². The van der Waals surface area contributed by atoms with Gasteiger partial charge in [0.05, 0.1) is 17.7 Å². The van der Waals surface area contributed by atoms with E-state index >= 15 is 0 Å². The zero-order valence-electron chi connectivity index (χ0n) is 11.2. The highest BCUT2D eigenvalue weighted by Gasteiger charge is 2.22. The van der Waals surface area contributed by atoms with Crippen LogP contribution in [0.5, 0.6) is 11.5 Å². The first-order valence-corrected chi connectivity index (χ1v) is 6.00. The second kappa shape index (κ2) is 6.47. The summed E-state index contributed by atoms with van der Waals surface area (Å²) in [5.74, 6) is 0.0981. The molecule has 0 bridgehead atoms. The zero-order valence-corrected chi connectivity index (χ0v) is 11.2. The van der Waals surface area contributed by atoms with Crippen molar-refractivity contribution < 1.29 is 19.2 Å². The molecule has 0 aliphatic rings. The molecule has 7 heteroatoms. The number of aldehydes is 1. The maximum atomic E-state index is 11.1. The van der Waals surface area contributed by atoms with Gasteiger partial charge < -0.3 is 9.47 Å². The molecule has 2 rings (SSSR count). The van der Waals surface area contributed by atoms with Gasteiger partial charge in [0.25, 0.3) is 0 Å². The summed E-state index contributed by atoms with van der Waals surface area (Å²) < 4.78 is 10.5. The Kier molecular flexibility index (Phi) is 4.45. The van der Waals surface area contributed by atoms with Gasteiger partial charge in [-0.2, -0.15) is 0 Å². The SMILES string of the molecule is COc1cc(C=O)cc([N+](=O)[O-])c1OCc1ccccn1. The lowest BCUT2D eigenvalue weighted by molar-refractivity contribution is -0.386. The minimum atomic E-state index is -0.622. The van der Waals surface area contributed by atoms with E-state index in [0.717, 1.165) is 6.07 Å². The van der Waals surface area contributed by atoms with E-state index < -0.39 is 4.92 Å². The number of rotatable bonds is 6. The Morgan fingerprint density at radius 3 is 2.76 bits per heavy atom. The number of hydrogen-bond donors (Lipinski definition) is 0. The molecule has 7 nitrogen and oxygen atoms in total. The van der Waals surface area contributed by atoms with Gasteiger partial charge in [-0.1, -0.05) is 6.07 Å². The van der Waals surface area contributed by atoms with Gasteiger partial charge in [-0.15, -0.1) is 0 Å². The summed E-state index contributed by atoms with van der Waals surface area (Å²) in [6.07, 6.45) is 2.11. The van der Waals surface area contributed by atoms with Crippen LogP contribution in [0.15, 0.2) is 36.5 Å². The lowest BCUT2D eigenvalue weighted by Gasteiger charge is -2.11. The molecule has 0 atom stereocenters. The van der Waals surface area contributed by atoms with Crippen molar-refractivity contribution in [1.29, 1.82) is 0 Å². The van der Waals surface area contributed by atoms with Crippen LogP contribution in [-0.2, 0) is 6.61 Å². The average molecular weight is 288 g/mol. The molecule has 108 valence electrons. The first-order valence-electron chi connectivity index (χ1n) is 6.00. The molecule has 21 heavy (non-hydrogen) atoms. The molecule has 0 radical (unpaired) electrons. The van der Waals surface area contributed by atoms with Crippen molar-refractivity contribution in [2.45, 2.75) is 6.61 Å². The molecule has 0 N–H and O–H groups in total. The van der Waals surface area contributed by atoms with E-state index in [-0.39, 0.29) is 29.4 Å². The second-order valence-electron chi connectivity index (χ2n) is 4.06. The van der Waals surface area contributed by atoms with Gasteiger partial charge in [-0.05, 0) is 18.2 Å². The van der Waals surface area contributed by atoms with Crippen LogP contribution in [0.1, 0.15) is 16.1 Å². The third-order valence-corrected chi connectivity index (χ3v) is 2.70. The van der Waals surface area contributed by atoms with Gasteiger partial charge in [-0.25, -0.2) is 0 Å². The summed E-state index contributed by atoms with van der Waals surface area (Å²) in [5, 5.41) is 11.1. The fourth-order valence-electron chi connectivity index (χ4n) is 1.74. The van der Waals surface area contributed by atoms with Crippen molar-refractivity contribution >= 4 is 12.0 Å². The standard InChI is InChI=1S/C14H12N2O5/c1-20-13-7-10(8-17)6-12(16(18)19)14(13)21-9-11-4-2-3-5-15-11/h2-8H,9H2,1H3. The Balaban J connectivity index is 2.36. The molecule has 0 spiro atoms. The summed E-state index contributed by atoms with van der Waals surface area (Å²) in [5.41, 5.74) is 0.435. The minimum absolute atomic E-state index is 0.0289. The van der Waals surface area contributed by atoms with Gasteiger partial charge in [-0.3, -0.25) is 19.9 Å². The molecule has 2 aromatic rings. The third kappa shape index (κ3) is 3.33. The summed E-state index contributed by atoms with van der Waals surface area (Å²) in [6, 6.07) is 7.80. The summed E-state index contributed by atoms with van der Waals surface area (Å²) in [7, 11) is 1.35. The van der Waals surface area contributed by atoms with Crippen LogP contribution in [0.2, 0.25) is 0 Å². The van der Waals surface area contributed by atoms with E-state index in [4.69, 9.17) is 9.47 Å². The first-order chi connectivity index (χ1) is 10.2. The number of hydrogen-bond acceptors (Lipinski definition) is 6. The molecule has 0 aliphatic carbocycles. The number of nitro benzene ring substituents is 1. The highest BCUT2D eigenvalue weighted by molar-refractivity contribution is 5.79. The summed E-state index contributed by atoms with van der Waals surface area (Å²) >= 11 is 0. The lowest BCUT2D eigenvalue weighted by atomic mass is 10.2. The molecule has 0 fully saturated rings. The van der Waals surface area contributed by atoms with Crippen molar-refractivity contribution in [2.24, 2.45) is 0 Å². The van der Waals surface area contributed by atoms with Crippen LogP contribution in [-0.4, -0.2) is 23.3 Å². The van der Waals surface area contributed by atoms with Crippen molar-refractivity contribution in [1.82, 2.24) is 4.98 Å². The van der Waals surface area contributed by atoms with Crippen LogP contribution >= 0.6 is 0 Å². The number of carbonyl (C=O) groups is 1. The van der Waals surface area contributed by atoms with E-state index in [1.807, 2.05) is 0 Å². The number of nitrogens with zero attached hydrogens (tertiary/aromatic N) is 2. The number of methoxy groups -OCH3 is 1. The Morgan fingerprint density at radius 2 is 2.19 bits per heavy atom. The molecule has 0 amide bonds. The molecule has 0 saturated heterocycles. The molecular weight excluding hydrogens is 276 g/mol. The zero-order chi connectivity index (χ0) is 15.2. The number of pyridine rings is 1. The second-order valence-corrected chi connectivity index (χ2v) is 4.06. The summed E-state index contributed by atoms with van der Waals surface area (Å²) in [6.45, 7) is 0.0540. The van der Waals surface area contributed by atoms with E-state index in [9.17, 15) is 14.9 Å². The molecule has 0 saturated carbocycles. The predicted octanol–water partition coefficient (Wildman–Crippen LogP) is 2.39. The van der Waals surface area contributed by atoms with Crippen LogP contribution in [0.3, 0.4) is 0 Å². The van der Waals surface area contributed by atoms with Crippen molar-refractivity contribution in [3.05, 3.63) is 57.9 Å². The van der Waals surface area contributed by atoms with Crippen LogP contribution < -0.4 is 9.47 Å². The Labute approximate surface area is 120 Å². The number of ether oxygens (including phenoxy) is 2.